The summed E-state index contributed by atoms with van der Waals surface area (Å²) in [5, 5.41) is 0. The van der Waals surface area contributed by atoms with Crippen LogP contribution in [0.1, 0.15) is 11.5 Å². The first kappa shape index (κ1) is 18.4. The van der Waals surface area contributed by atoms with Gasteiger partial charge in [0.1, 0.15) is 0 Å². The summed E-state index contributed by atoms with van der Waals surface area (Å²) in [5.74, 6) is 0.0307. The van der Waals surface area contributed by atoms with Crippen LogP contribution in [0.3, 0.4) is 0 Å². The Hall–Kier alpha value is -0.920. The first-order valence-electron chi connectivity index (χ1n) is 7.05. The van der Waals surface area contributed by atoms with Crippen LogP contribution in [0.25, 0.3) is 0 Å². The van der Waals surface area contributed by atoms with Crippen LogP contribution in [0.2, 0.25) is 0 Å². The van der Waals surface area contributed by atoms with E-state index >= 15 is 0 Å². The van der Waals surface area contributed by atoms with Gasteiger partial charge < -0.3 is 5.73 Å². The van der Waals surface area contributed by atoms with E-state index in [-0.39, 0.29) is 24.4 Å². The van der Waals surface area contributed by atoms with Crippen molar-refractivity contribution in [2.45, 2.75) is 16.9 Å². The third-order valence-corrected chi connectivity index (χ3v) is 6.31. The second kappa shape index (κ2) is 7.32. The fourth-order valence-electron chi connectivity index (χ4n) is 2.82. The van der Waals surface area contributed by atoms with Gasteiger partial charge >= 0.3 is 0 Å². The second-order valence-corrected chi connectivity index (χ2v) is 8.31. The zero-order valence-corrected chi connectivity index (χ0v) is 15.5. The van der Waals surface area contributed by atoms with E-state index in [1.165, 1.54) is 4.31 Å². The molecule has 2 aromatic rings. The number of benzene rings is 2. The lowest BCUT2D eigenvalue weighted by Crippen LogP contribution is -2.32. The maximum Gasteiger partial charge on any atom is 0.243 e. The summed E-state index contributed by atoms with van der Waals surface area (Å²) < 4.78 is 27.7. The molecule has 0 aliphatic carbocycles. The van der Waals surface area contributed by atoms with Crippen LogP contribution in [0.5, 0.6) is 0 Å². The molecule has 1 saturated heterocycles. The Bertz CT molecular complexity index is 771. The Morgan fingerprint density at radius 2 is 1.74 bits per heavy atom. The Morgan fingerprint density at radius 3 is 2.39 bits per heavy atom. The Morgan fingerprint density at radius 1 is 1.04 bits per heavy atom. The van der Waals surface area contributed by atoms with E-state index in [0.29, 0.717) is 18.0 Å². The van der Waals surface area contributed by atoms with Crippen molar-refractivity contribution in [2.24, 2.45) is 5.73 Å². The maximum absolute atomic E-state index is 12.8. The molecule has 0 saturated carbocycles. The molecule has 1 aliphatic rings. The Labute approximate surface area is 151 Å². The van der Waals surface area contributed by atoms with Crippen molar-refractivity contribution >= 4 is 38.4 Å². The molecular formula is C16H18BrClN2O2S. The van der Waals surface area contributed by atoms with Crippen LogP contribution in [0.4, 0.5) is 0 Å². The molecule has 2 N–H and O–H groups in total. The van der Waals surface area contributed by atoms with E-state index < -0.39 is 10.0 Å². The zero-order valence-electron chi connectivity index (χ0n) is 12.3. The molecule has 0 bridgehead atoms. The fourth-order valence-corrected chi connectivity index (χ4v) is 4.92. The molecule has 1 heterocycles. The van der Waals surface area contributed by atoms with E-state index in [0.717, 1.165) is 10.0 Å². The highest BCUT2D eigenvalue weighted by Crippen LogP contribution is 2.31. The molecule has 1 aliphatic heterocycles. The first-order chi connectivity index (χ1) is 10.5. The lowest BCUT2D eigenvalue weighted by Gasteiger charge is -2.16. The van der Waals surface area contributed by atoms with Gasteiger partial charge in [-0.25, -0.2) is 8.42 Å². The number of nitrogens with two attached hydrogens (primary N) is 1. The Balaban J connectivity index is 0.00000192. The molecule has 0 radical (unpaired) electrons. The molecule has 23 heavy (non-hydrogen) atoms. The van der Waals surface area contributed by atoms with Crippen LogP contribution in [-0.2, 0) is 10.0 Å². The van der Waals surface area contributed by atoms with Gasteiger partial charge in [-0.15, -0.1) is 12.4 Å². The molecule has 0 unspecified atom stereocenters. The second-order valence-electron chi connectivity index (χ2n) is 5.46. The van der Waals surface area contributed by atoms with E-state index in [9.17, 15) is 8.42 Å². The standard InChI is InChI=1S/C16H17BrN2O2S.ClH/c17-13-7-4-8-14(9-13)22(20,21)19-10-15(16(18)11-19)12-5-2-1-3-6-12;/h1-9,15-16H,10-11,18H2;1H/t15-,16+;/m0./s1. The average molecular weight is 418 g/mol. The van der Waals surface area contributed by atoms with Gasteiger partial charge in [0.15, 0.2) is 0 Å². The predicted octanol–water partition coefficient (Wildman–Crippen LogP) is 2.99. The van der Waals surface area contributed by atoms with E-state index in [2.05, 4.69) is 15.9 Å². The molecule has 3 rings (SSSR count). The van der Waals surface area contributed by atoms with Crippen molar-refractivity contribution in [1.29, 1.82) is 0 Å². The zero-order chi connectivity index (χ0) is 15.7. The first-order valence-corrected chi connectivity index (χ1v) is 9.28. The van der Waals surface area contributed by atoms with Crippen molar-refractivity contribution < 1.29 is 8.42 Å². The van der Waals surface area contributed by atoms with Gasteiger partial charge in [-0.2, -0.15) is 4.31 Å². The summed E-state index contributed by atoms with van der Waals surface area (Å²) in [4.78, 5) is 0.294. The van der Waals surface area contributed by atoms with Gasteiger partial charge in [0, 0.05) is 29.5 Å². The number of halogens is 2. The third kappa shape index (κ3) is 3.78. The summed E-state index contributed by atoms with van der Waals surface area (Å²) in [6.45, 7) is 0.758. The molecule has 2 aromatic carbocycles. The largest absolute Gasteiger partial charge is 0.326 e. The van der Waals surface area contributed by atoms with Crippen LogP contribution in [-0.4, -0.2) is 31.9 Å². The van der Waals surface area contributed by atoms with Gasteiger partial charge in [-0.1, -0.05) is 52.3 Å². The molecule has 124 valence electrons. The minimum atomic E-state index is -3.51. The number of sulfonamides is 1. The summed E-state index contributed by atoms with van der Waals surface area (Å²) in [7, 11) is -3.51. The average Bonchev–Trinajstić information content (AvgIpc) is 2.91. The number of rotatable bonds is 3. The third-order valence-electron chi connectivity index (χ3n) is 3.99. The van der Waals surface area contributed by atoms with Crippen LogP contribution < -0.4 is 5.73 Å². The van der Waals surface area contributed by atoms with Crippen molar-refractivity contribution in [2.75, 3.05) is 13.1 Å². The van der Waals surface area contributed by atoms with Crippen molar-refractivity contribution in [3.63, 3.8) is 0 Å². The van der Waals surface area contributed by atoms with Gasteiger partial charge in [-0.05, 0) is 23.8 Å². The summed E-state index contributed by atoms with van der Waals surface area (Å²) in [6.07, 6.45) is 0. The SMILES string of the molecule is Cl.N[C@@H]1CN(S(=O)(=O)c2cccc(Br)c2)C[C@H]1c1ccccc1. The molecule has 2 atom stereocenters. The molecule has 0 amide bonds. The summed E-state index contributed by atoms with van der Waals surface area (Å²) in [6, 6.07) is 16.4. The van der Waals surface area contributed by atoms with Crippen molar-refractivity contribution in [3.05, 3.63) is 64.6 Å². The molecule has 0 aromatic heterocycles. The normalized spacial score (nSPS) is 21.8. The Kier molecular flexibility index (Phi) is 5.86. The summed E-state index contributed by atoms with van der Waals surface area (Å²) >= 11 is 3.32. The monoisotopic (exact) mass is 416 g/mol. The highest BCUT2D eigenvalue weighted by molar-refractivity contribution is 9.10. The number of hydrogen-bond donors (Lipinski definition) is 1. The van der Waals surface area contributed by atoms with Crippen LogP contribution in [0, 0.1) is 0 Å². The number of hydrogen-bond acceptors (Lipinski definition) is 3. The molecular weight excluding hydrogens is 400 g/mol. The molecule has 4 nitrogen and oxygen atoms in total. The van der Waals surface area contributed by atoms with Crippen LogP contribution >= 0.6 is 28.3 Å². The minimum Gasteiger partial charge on any atom is -0.326 e. The maximum atomic E-state index is 12.8. The minimum absolute atomic E-state index is 0. The van der Waals surface area contributed by atoms with Crippen molar-refractivity contribution in [3.8, 4) is 0 Å². The topological polar surface area (TPSA) is 63.4 Å². The van der Waals surface area contributed by atoms with Gasteiger partial charge in [0.05, 0.1) is 4.90 Å². The lowest BCUT2D eigenvalue weighted by molar-refractivity contribution is 0.470. The van der Waals surface area contributed by atoms with E-state index in [4.69, 9.17) is 5.73 Å². The van der Waals surface area contributed by atoms with Gasteiger partial charge in [0.2, 0.25) is 10.0 Å². The van der Waals surface area contributed by atoms with Gasteiger partial charge in [-0.3, -0.25) is 0 Å². The molecule has 1 fully saturated rings. The highest BCUT2D eigenvalue weighted by atomic mass is 79.9. The number of nitrogens with zero attached hydrogens (tertiary/aromatic N) is 1. The van der Waals surface area contributed by atoms with E-state index in [1.54, 1.807) is 18.2 Å². The molecule has 7 heteroatoms. The van der Waals surface area contributed by atoms with Crippen LogP contribution in [0.15, 0.2) is 64.0 Å². The lowest BCUT2D eigenvalue weighted by atomic mass is 9.95. The predicted molar refractivity (Wildman–Crippen MR) is 97.3 cm³/mol. The highest BCUT2D eigenvalue weighted by Gasteiger charge is 2.38. The smallest absolute Gasteiger partial charge is 0.243 e. The molecule has 0 spiro atoms. The fraction of sp³-hybridized carbons (Fsp3) is 0.250. The van der Waals surface area contributed by atoms with Gasteiger partial charge in [0.25, 0.3) is 0 Å². The summed E-state index contributed by atoms with van der Waals surface area (Å²) in [5.41, 5.74) is 7.28. The van der Waals surface area contributed by atoms with Crippen molar-refractivity contribution in [1.82, 2.24) is 4.31 Å². The quantitative estimate of drug-likeness (QED) is 0.835. The van der Waals surface area contributed by atoms with E-state index in [1.807, 2.05) is 36.4 Å².